The molecule has 1 fully saturated rings. The minimum Gasteiger partial charge on any atom is -0.497 e. The highest BCUT2D eigenvalue weighted by Gasteiger charge is 2.47. The molecule has 4 unspecified atom stereocenters. The maximum atomic E-state index is 12.7. The number of aromatic amines is 2. The van der Waals surface area contributed by atoms with Crippen LogP contribution in [0, 0.1) is 5.92 Å². The lowest BCUT2D eigenvalue weighted by Crippen LogP contribution is -2.47. The first kappa shape index (κ1) is 16.7. The SMILES string of the molecule is COc1ccc(OC)c(C2c3c([nH]c(=O)[nH]c3=O)NC3NNC(C)C32)c1. The number of ether oxygens (including phenoxy) is 2. The summed E-state index contributed by atoms with van der Waals surface area (Å²) >= 11 is 0. The van der Waals surface area contributed by atoms with Gasteiger partial charge in [0.05, 0.1) is 25.9 Å². The van der Waals surface area contributed by atoms with Crippen molar-refractivity contribution in [2.75, 3.05) is 19.5 Å². The van der Waals surface area contributed by atoms with Crippen LogP contribution in [0.25, 0.3) is 0 Å². The van der Waals surface area contributed by atoms with Gasteiger partial charge in [-0.15, -0.1) is 0 Å². The highest BCUT2D eigenvalue weighted by molar-refractivity contribution is 5.57. The van der Waals surface area contributed by atoms with E-state index in [2.05, 4.69) is 26.1 Å². The Kier molecular flexibility index (Phi) is 3.97. The van der Waals surface area contributed by atoms with Crippen LogP contribution in [0.2, 0.25) is 0 Å². The van der Waals surface area contributed by atoms with E-state index in [1.54, 1.807) is 14.2 Å². The van der Waals surface area contributed by atoms with Crippen LogP contribution in [0.1, 0.15) is 24.0 Å². The molecule has 9 nitrogen and oxygen atoms in total. The Morgan fingerprint density at radius 2 is 1.85 bits per heavy atom. The largest absolute Gasteiger partial charge is 0.497 e. The van der Waals surface area contributed by atoms with E-state index in [1.165, 1.54) is 0 Å². The number of rotatable bonds is 3. The Labute approximate surface area is 149 Å². The maximum Gasteiger partial charge on any atom is 0.327 e. The molecule has 0 aliphatic carbocycles. The maximum absolute atomic E-state index is 12.7. The second kappa shape index (κ2) is 6.19. The normalized spacial score (nSPS) is 26.6. The van der Waals surface area contributed by atoms with Crippen molar-refractivity contribution in [3.63, 3.8) is 0 Å². The summed E-state index contributed by atoms with van der Waals surface area (Å²) in [5, 5.41) is 3.22. The second-order valence-electron chi connectivity index (χ2n) is 6.56. The van der Waals surface area contributed by atoms with Gasteiger partial charge in [-0.2, -0.15) is 0 Å². The van der Waals surface area contributed by atoms with Crippen molar-refractivity contribution in [2.24, 2.45) is 5.92 Å². The molecule has 0 amide bonds. The number of nitrogens with one attached hydrogen (secondary N) is 5. The van der Waals surface area contributed by atoms with Crippen molar-refractivity contribution in [1.29, 1.82) is 0 Å². The van der Waals surface area contributed by atoms with Gasteiger partial charge in [-0.25, -0.2) is 10.2 Å². The van der Waals surface area contributed by atoms with Gasteiger partial charge in [0, 0.05) is 23.4 Å². The topological polar surface area (TPSA) is 120 Å². The number of fused-ring (bicyclic) bond motifs is 2. The monoisotopic (exact) mass is 359 g/mol. The number of hydrogen-bond donors (Lipinski definition) is 5. The summed E-state index contributed by atoms with van der Waals surface area (Å²) in [5.41, 5.74) is 6.75. The molecule has 3 heterocycles. The van der Waals surface area contributed by atoms with E-state index in [-0.39, 0.29) is 24.0 Å². The second-order valence-corrected chi connectivity index (χ2v) is 6.56. The van der Waals surface area contributed by atoms with Crippen LogP contribution in [0.15, 0.2) is 27.8 Å². The standard InChI is InChI=1S/C17H21N5O4/c1-7-11-12(9-6-8(25-2)4-5-10(9)26-3)13-14(18-15(11)22-21-7)19-17(24)20-16(13)23/h4-7,11-12,15,21-22H,1-3H3,(H3,18,19,20,23,24). The zero-order valence-electron chi connectivity index (χ0n) is 14.7. The number of hydrazine groups is 1. The number of methoxy groups -OCH3 is 2. The third-order valence-corrected chi connectivity index (χ3v) is 5.18. The zero-order chi connectivity index (χ0) is 18.4. The summed E-state index contributed by atoms with van der Waals surface area (Å²) < 4.78 is 10.9. The van der Waals surface area contributed by atoms with Crippen LogP contribution >= 0.6 is 0 Å². The molecule has 0 saturated carbocycles. The van der Waals surface area contributed by atoms with E-state index in [1.807, 2.05) is 25.1 Å². The molecule has 5 N–H and O–H groups in total. The van der Waals surface area contributed by atoms with E-state index < -0.39 is 11.2 Å². The molecule has 2 aliphatic heterocycles. The third kappa shape index (κ3) is 2.47. The Hall–Kier alpha value is -2.78. The first-order valence-electron chi connectivity index (χ1n) is 8.39. The van der Waals surface area contributed by atoms with E-state index in [4.69, 9.17) is 9.47 Å². The van der Waals surface area contributed by atoms with E-state index >= 15 is 0 Å². The Morgan fingerprint density at radius 1 is 1.04 bits per heavy atom. The molecule has 4 atom stereocenters. The van der Waals surface area contributed by atoms with Gasteiger partial charge in [-0.05, 0) is 25.1 Å². The Balaban J connectivity index is 1.99. The number of H-pyrrole nitrogens is 2. The smallest absolute Gasteiger partial charge is 0.327 e. The van der Waals surface area contributed by atoms with Crippen molar-refractivity contribution in [1.82, 2.24) is 20.8 Å². The molecular formula is C17H21N5O4. The molecule has 1 aromatic heterocycles. The summed E-state index contributed by atoms with van der Waals surface area (Å²) in [7, 11) is 3.19. The molecule has 9 heteroatoms. The fourth-order valence-electron chi connectivity index (χ4n) is 4.02. The summed E-state index contributed by atoms with van der Waals surface area (Å²) in [6, 6.07) is 5.59. The minimum absolute atomic E-state index is 0.00973. The van der Waals surface area contributed by atoms with Crippen LogP contribution < -0.4 is 36.9 Å². The number of anilines is 1. The summed E-state index contributed by atoms with van der Waals surface area (Å²) in [4.78, 5) is 29.5. The summed E-state index contributed by atoms with van der Waals surface area (Å²) in [6.45, 7) is 2.05. The molecular weight excluding hydrogens is 338 g/mol. The Morgan fingerprint density at radius 3 is 2.58 bits per heavy atom. The van der Waals surface area contributed by atoms with Gasteiger partial charge >= 0.3 is 5.69 Å². The van der Waals surface area contributed by atoms with Gasteiger partial charge in [0.2, 0.25) is 0 Å². The molecule has 1 saturated heterocycles. The van der Waals surface area contributed by atoms with Crippen molar-refractivity contribution < 1.29 is 9.47 Å². The number of benzene rings is 1. The first-order chi connectivity index (χ1) is 12.5. The molecule has 2 aliphatic rings. The van der Waals surface area contributed by atoms with Gasteiger partial charge in [0.25, 0.3) is 5.56 Å². The molecule has 0 spiro atoms. The van der Waals surface area contributed by atoms with Crippen LogP contribution in [0.3, 0.4) is 0 Å². The van der Waals surface area contributed by atoms with Gasteiger partial charge in [-0.3, -0.25) is 20.2 Å². The zero-order valence-corrected chi connectivity index (χ0v) is 14.7. The first-order valence-corrected chi connectivity index (χ1v) is 8.39. The van der Waals surface area contributed by atoms with Gasteiger partial charge < -0.3 is 14.8 Å². The van der Waals surface area contributed by atoms with Crippen molar-refractivity contribution in [2.45, 2.75) is 25.0 Å². The Bertz CT molecular complexity index is 953. The quantitative estimate of drug-likeness (QED) is 0.526. The van der Waals surface area contributed by atoms with Gasteiger partial charge in [0.15, 0.2) is 0 Å². The van der Waals surface area contributed by atoms with Crippen LogP contribution in [-0.4, -0.2) is 36.4 Å². The van der Waals surface area contributed by atoms with Crippen molar-refractivity contribution in [3.8, 4) is 11.5 Å². The molecule has 26 heavy (non-hydrogen) atoms. The molecule has 4 rings (SSSR count). The lowest BCUT2D eigenvalue weighted by atomic mass is 9.74. The van der Waals surface area contributed by atoms with Crippen molar-refractivity contribution >= 4 is 5.82 Å². The van der Waals surface area contributed by atoms with E-state index in [0.29, 0.717) is 22.9 Å². The molecule has 1 aromatic carbocycles. The average molecular weight is 359 g/mol. The summed E-state index contributed by atoms with van der Waals surface area (Å²) in [6.07, 6.45) is -0.157. The van der Waals surface area contributed by atoms with Crippen LogP contribution in [0.5, 0.6) is 11.5 Å². The van der Waals surface area contributed by atoms with E-state index in [0.717, 1.165) is 5.56 Å². The fraction of sp³-hybridized carbons (Fsp3) is 0.412. The number of hydrogen-bond acceptors (Lipinski definition) is 7. The number of aromatic nitrogens is 2. The summed E-state index contributed by atoms with van der Waals surface area (Å²) in [5.74, 6) is 1.45. The lowest BCUT2D eigenvalue weighted by Gasteiger charge is -2.37. The predicted molar refractivity (Wildman–Crippen MR) is 95.7 cm³/mol. The molecule has 138 valence electrons. The van der Waals surface area contributed by atoms with E-state index in [9.17, 15) is 9.59 Å². The van der Waals surface area contributed by atoms with Gasteiger partial charge in [0.1, 0.15) is 17.3 Å². The third-order valence-electron chi connectivity index (χ3n) is 5.18. The van der Waals surface area contributed by atoms with Crippen LogP contribution in [0.4, 0.5) is 5.82 Å². The minimum atomic E-state index is -0.546. The molecule has 0 radical (unpaired) electrons. The highest BCUT2D eigenvalue weighted by atomic mass is 16.5. The van der Waals surface area contributed by atoms with Crippen LogP contribution in [-0.2, 0) is 0 Å². The van der Waals surface area contributed by atoms with Crippen molar-refractivity contribution in [3.05, 3.63) is 50.2 Å². The lowest BCUT2D eigenvalue weighted by molar-refractivity contribution is 0.360. The fourth-order valence-corrected chi connectivity index (χ4v) is 4.02. The van der Waals surface area contributed by atoms with Gasteiger partial charge in [-0.1, -0.05) is 0 Å². The molecule has 0 bridgehead atoms. The highest BCUT2D eigenvalue weighted by Crippen LogP contribution is 2.45. The predicted octanol–water partition coefficient (Wildman–Crippen LogP) is 0.0764. The molecule has 2 aromatic rings. The average Bonchev–Trinajstić information content (AvgIpc) is 2.99.